The largest absolute Gasteiger partial charge is 0.352 e. The molecule has 0 spiro atoms. The molecule has 0 unspecified atom stereocenters. The molecule has 0 bridgehead atoms. The number of carbonyl (C=O) groups excluding carboxylic acids is 1. The van der Waals surface area contributed by atoms with Gasteiger partial charge in [0.25, 0.3) is 5.91 Å². The fourth-order valence-corrected chi connectivity index (χ4v) is 3.71. The second kappa shape index (κ2) is 6.52. The molecule has 2 N–H and O–H groups in total. The lowest BCUT2D eigenvalue weighted by Gasteiger charge is -2.10. The van der Waals surface area contributed by atoms with Crippen LogP contribution in [0.3, 0.4) is 0 Å². The van der Waals surface area contributed by atoms with Crippen LogP contribution in [-0.4, -0.2) is 32.3 Å². The number of para-hydroxylation sites is 1. The van der Waals surface area contributed by atoms with Crippen LogP contribution < -0.4 is 5.32 Å². The number of amides is 1. The van der Waals surface area contributed by atoms with Crippen molar-refractivity contribution >= 4 is 22.5 Å². The third-order valence-electron chi connectivity index (χ3n) is 5.06. The number of benzene rings is 1. The normalized spacial score (nSPS) is 13.2. The lowest BCUT2D eigenvalue weighted by molar-refractivity contribution is -0.384. The van der Waals surface area contributed by atoms with E-state index in [2.05, 4.69) is 20.3 Å². The Bertz CT molecular complexity index is 1290. The smallest absolute Gasteiger partial charge is 0.307 e. The zero-order valence-electron chi connectivity index (χ0n) is 15.2. The first-order valence-corrected chi connectivity index (χ1v) is 9.11. The highest BCUT2D eigenvalue weighted by Crippen LogP contribution is 2.37. The van der Waals surface area contributed by atoms with Crippen molar-refractivity contribution in [3.8, 4) is 22.5 Å². The van der Waals surface area contributed by atoms with Gasteiger partial charge in [-0.2, -0.15) is 0 Å². The minimum atomic E-state index is -0.507. The molecule has 1 aromatic carbocycles. The molecule has 0 aliphatic carbocycles. The molecule has 29 heavy (non-hydrogen) atoms. The number of nitro groups is 1. The van der Waals surface area contributed by atoms with E-state index in [1.807, 2.05) is 30.3 Å². The second-order valence-corrected chi connectivity index (χ2v) is 6.81. The number of aromatic amines is 1. The monoisotopic (exact) mass is 385 g/mol. The van der Waals surface area contributed by atoms with Crippen LogP contribution in [0.4, 0.5) is 5.69 Å². The molecule has 0 radical (unpaired) electrons. The Morgan fingerprint density at radius 2 is 1.93 bits per heavy atom. The molecule has 0 fully saturated rings. The van der Waals surface area contributed by atoms with E-state index < -0.39 is 10.8 Å². The Hall–Kier alpha value is -4.07. The SMILES string of the molecule is O=C1NCCc2[nH]c(-c3ccnc(-c4cnc5ccccc5c4)c3)c([N+](=O)[O-])c21. The maximum absolute atomic E-state index is 12.2. The van der Waals surface area contributed by atoms with Crippen LogP contribution in [-0.2, 0) is 6.42 Å². The van der Waals surface area contributed by atoms with Crippen molar-refractivity contribution in [3.63, 3.8) is 0 Å². The molecule has 3 aromatic heterocycles. The van der Waals surface area contributed by atoms with Gasteiger partial charge in [0.2, 0.25) is 0 Å². The van der Waals surface area contributed by atoms with E-state index in [0.29, 0.717) is 35.6 Å². The van der Waals surface area contributed by atoms with E-state index in [0.717, 1.165) is 16.5 Å². The molecule has 1 amide bonds. The summed E-state index contributed by atoms with van der Waals surface area (Å²) >= 11 is 0. The second-order valence-electron chi connectivity index (χ2n) is 6.81. The number of fused-ring (bicyclic) bond motifs is 2. The summed E-state index contributed by atoms with van der Waals surface area (Å²) in [5.41, 5.74) is 3.74. The number of H-pyrrole nitrogens is 1. The highest BCUT2D eigenvalue weighted by molar-refractivity contribution is 6.03. The topological polar surface area (TPSA) is 114 Å². The van der Waals surface area contributed by atoms with Gasteiger partial charge in [-0.05, 0) is 24.3 Å². The first-order valence-electron chi connectivity index (χ1n) is 9.11. The molecular weight excluding hydrogens is 370 g/mol. The van der Waals surface area contributed by atoms with Gasteiger partial charge in [0.15, 0.2) is 0 Å². The Labute approximate surface area is 164 Å². The van der Waals surface area contributed by atoms with E-state index in [9.17, 15) is 14.9 Å². The summed E-state index contributed by atoms with van der Waals surface area (Å²) in [6.07, 6.45) is 3.86. The Morgan fingerprint density at radius 1 is 1.07 bits per heavy atom. The van der Waals surface area contributed by atoms with Gasteiger partial charge in [0.05, 0.1) is 16.1 Å². The number of nitrogens with zero attached hydrogens (tertiary/aromatic N) is 3. The van der Waals surface area contributed by atoms with Crippen LogP contribution in [0.5, 0.6) is 0 Å². The highest BCUT2D eigenvalue weighted by Gasteiger charge is 2.34. The summed E-state index contributed by atoms with van der Waals surface area (Å²) in [6, 6.07) is 13.2. The van der Waals surface area contributed by atoms with E-state index in [4.69, 9.17) is 0 Å². The van der Waals surface area contributed by atoms with Crippen LogP contribution in [0.25, 0.3) is 33.4 Å². The molecule has 1 aliphatic rings. The molecule has 4 heterocycles. The minimum absolute atomic E-state index is 0.113. The molecule has 8 heteroatoms. The average Bonchev–Trinajstić information content (AvgIpc) is 3.15. The third kappa shape index (κ3) is 2.82. The number of hydrogen-bond acceptors (Lipinski definition) is 5. The maximum Gasteiger partial charge on any atom is 0.307 e. The predicted molar refractivity (Wildman–Crippen MR) is 107 cm³/mol. The van der Waals surface area contributed by atoms with E-state index in [-0.39, 0.29) is 11.3 Å². The van der Waals surface area contributed by atoms with Gasteiger partial charge in [-0.25, -0.2) is 0 Å². The number of carbonyl (C=O) groups is 1. The molecule has 142 valence electrons. The van der Waals surface area contributed by atoms with E-state index in [1.54, 1.807) is 24.5 Å². The number of rotatable bonds is 3. The van der Waals surface area contributed by atoms with Gasteiger partial charge in [-0.15, -0.1) is 0 Å². The summed E-state index contributed by atoms with van der Waals surface area (Å²) in [4.78, 5) is 35.4. The fourth-order valence-electron chi connectivity index (χ4n) is 3.71. The molecular formula is C21H15N5O3. The molecule has 0 saturated heterocycles. The van der Waals surface area contributed by atoms with Crippen molar-refractivity contribution in [3.05, 3.63) is 76.2 Å². The predicted octanol–water partition coefficient (Wildman–Crippen LogP) is 3.49. The summed E-state index contributed by atoms with van der Waals surface area (Å²) in [7, 11) is 0. The van der Waals surface area contributed by atoms with Crippen molar-refractivity contribution in [2.75, 3.05) is 6.54 Å². The van der Waals surface area contributed by atoms with Crippen LogP contribution in [0, 0.1) is 10.1 Å². The Balaban J connectivity index is 1.65. The molecule has 1 aliphatic heterocycles. The van der Waals surface area contributed by atoms with Gasteiger partial charge < -0.3 is 10.3 Å². The first kappa shape index (κ1) is 17.1. The van der Waals surface area contributed by atoms with E-state index in [1.165, 1.54) is 0 Å². The lowest BCUT2D eigenvalue weighted by atomic mass is 10.0. The number of aromatic nitrogens is 3. The van der Waals surface area contributed by atoms with Crippen molar-refractivity contribution < 1.29 is 9.72 Å². The third-order valence-corrected chi connectivity index (χ3v) is 5.06. The molecule has 4 aromatic rings. The molecule has 0 atom stereocenters. The quantitative estimate of drug-likeness (QED) is 0.414. The van der Waals surface area contributed by atoms with Crippen LogP contribution in [0.15, 0.2) is 54.9 Å². The van der Waals surface area contributed by atoms with Gasteiger partial charge in [-0.1, -0.05) is 18.2 Å². The van der Waals surface area contributed by atoms with Gasteiger partial charge in [0, 0.05) is 47.6 Å². The summed E-state index contributed by atoms with van der Waals surface area (Å²) in [6.45, 7) is 0.452. The van der Waals surface area contributed by atoms with Crippen LogP contribution in [0.1, 0.15) is 16.1 Å². The zero-order chi connectivity index (χ0) is 20.0. The lowest BCUT2D eigenvalue weighted by Crippen LogP contribution is -2.31. The van der Waals surface area contributed by atoms with Gasteiger partial charge in [0.1, 0.15) is 11.3 Å². The summed E-state index contributed by atoms with van der Waals surface area (Å²) < 4.78 is 0. The van der Waals surface area contributed by atoms with Gasteiger partial charge >= 0.3 is 5.69 Å². The van der Waals surface area contributed by atoms with Crippen molar-refractivity contribution in [2.24, 2.45) is 0 Å². The van der Waals surface area contributed by atoms with Crippen molar-refractivity contribution in [1.82, 2.24) is 20.3 Å². The van der Waals surface area contributed by atoms with Crippen LogP contribution >= 0.6 is 0 Å². The van der Waals surface area contributed by atoms with E-state index >= 15 is 0 Å². The fraction of sp³-hybridized carbons (Fsp3) is 0.0952. The Kier molecular flexibility index (Phi) is 3.83. The number of pyridine rings is 2. The molecule has 8 nitrogen and oxygen atoms in total. The van der Waals surface area contributed by atoms with Gasteiger partial charge in [-0.3, -0.25) is 24.9 Å². The first-order chi connectivity index (χ1) is 14.1. The van der Waals surface area contributed by atoms with Crippen molar-refractivity contribution in [2.45, 2.75) is 6.42 Å². The highest BCUT2D eigenvalue weighted by atomic mass is 16.6. The summed E-state index contributed by atoms with van der Waals surface area (Å²) in [5.74, 6) is -0.423. The van der Waals surface area contributed by atoms with Crippen molar-refractivity contribution in [1.29, 1.82) is 0 Å². The zero-order valence-corrected chi connectivity index (χ0v) is 15.2. The maximum atomic E-state index is 12.2. The summed E-state index contributed by atoms with van der Waals surface area (Å²) in [5, 5.41) is 15.4. The van der Waals surface area contributed by atoms with Crippen LogP contribution in [0.2, 0.25) is 0 Å². The molecule has 0 saturated carbocycles. The number of nitrogens with one attached hydrogen (secondary N) is 2. The minimum Gasteiger partial charge on any atom is -0.352 e. The molecule has 5 rings (SSSR count). The standard InChI is InChI=1S/C21H15N5O3/c27-21-18-16(6-8-23-21)25-19(20(18)26(28)29)13-5-7-22-17(10-13)14-9-12-3-1-2-4-15(12)24-11-14/h1-5,7,9-11,25H,6,8H2,(H,23,27). The Morgan fingerprint density at radius 3 is 2.79 bits per heavy atom. The average molecular weight is 385 g/mol. The number of hydrogen-bond donors (Lipinski definition) is 2.